The minimum absolute atomic E-state index is 0.0406. The summed E-state index contributed by atoms with van der Waals surface area (Å²) in [5.74, 6) is 0.928. The van der Waals surface area contributed by atoms with Crippen molar-refractivity contribution in [1.82, 2.24) is 10.2 Å². The third-order valence-corrected chi connectivity index (χ3v) is 4.89. The van der Waals surface area contributed by atoms with Crippen molar-refractivity contribution in [3.8, 4) is 0 Å². The molecule has 0 bridgehead atoms. The Morgan fingerprint density at radius 2 is 1.86 bits per heavy atom. The topological polar surface area (TPSA) is 49.4 Å². The van der Waals surface area contributed by atoms with Gasteiger partial charge in [0.2, 0.25) is 11.8 Å². The molecule has 4 heteroatoms. The molecule has 0 aromatic heterocycles. The van der Waals surface area contributed by atoms with Crippen LogP contribution in [0.1, 0.15) is 65.7 Å². The van der Waals surface area contributed by atoms with Crippen LogP contribution < -0.4 is 5.32 Å². The molecule has 2 unspecified atom stereocenters. The van der Waals surface area contributed by atoms with Crippen LogP contribution in [0.15, 0.2) is 0 Å². The van der Waals surface area contributed by atoms with E-state index in [4.69, 9.17) is 0 Å². The molecule has 1 aliphatic carbocycles. The van der Waals surface area contributed by atoms with Gasteiger partial charge in [-0.3, -0.25) is 9.59 Å². The molecular weight excluding hydrogens is 264 g/mol. The molecule has 0 aromatic rings. The molecule has 2 atom stereocenters. The summed E-state index contributed by atoms with van der Waals surface area (Å²) in [6.45, 7) is 6.89. The van der Waals surface area contributed by atoms with E-state index in [1.807, 2.05) is 18.7 Å². The monoisotopic (exact) mass is 294 g/mol. The summed E-state index contributed by atoms with van der Waals surface area (Å²) in [5.41, 5.74) is 0. The molecule has 2 fully saturated rings. The molecule has 2 aliphatic rings. The van der Waals surface area contributed by atoms with E-state index in [-0.39, 0.29) is 29.8 Å². The zero-order chi connectivity index (χ0) is 15.4. The summed E-state index contributed by atoms with van der Waals surface area (Å²) >= 11 is 0. The lowest BCUT2D eigenvalue weighted by Crippen LogP contribution is -2.65. The SMILES string of the molecule is CCCC1NC(=O)C(C(C)C)N(CC2CCCCC2)C1=O. The predicted octanol–water partition coefficient (Wildman–Crippen LogP) is 2.72. The van der Waals surface area contributed by atoms with Crippen LogP contribution in [0, 0.1) is 11.8 Å². The number of nitrogens with one attached hydrogen (secondary N) is 1. The Hall–Kier alpha value is -1.06. The molecule has 1 aliphatic heterocycles. The second kappa shape index (κ2) is 7.28. The summed E-state index contributed by atoms with van der Waals surface area (Å²) in [4.78, 5) is 27.1. The van der Waals surface area contributed by atoms with Crippen molar-refractivity contribution in [2.75, 3.05) is 6.54 Å². The second-order valence-electron chi connectivity index (χ2n) is 7.03. The van der Waals surface area contributed by atoms with Crippen molar-refractivity contribution >= 4 is 11.8 Å². The van der Waals surface area contributed by atoms with Crippen LogP contribution in [-0.2, 0) is 9.59 Å². The van der Waals surface area contributed by atoms with E-state index in [0.717, 1.165) is 19.4 Å². The van der Waals surface area contributed by atoms with Crippen LogP contribution in [-0.4, -0.2) is 35.3 Å². The summed E-state index contributed by atoms with van der Waals surface area (Å²) in [6.07, 6.45) is 7.92. The van der Waals surface area contributed by atoms with Crippen LogP contribution in [0.2, 0.25) is 0 Å². The van der Waals surface area contributed by atoms with Crippen LogP contribution in [0.25, 0.3) is 0 Å². The molecular formula is C17H30N2O2. The molecule has 0 spiro atoms. The first-order valence-corrected chi connectivity index (χ1v) is 8.65. The van der Waals surface area contributed by atoms with Crippen molar-refractivity contribution in [3.63, 3.8) is 0 Å². The molecule has 2 rings (SSSR count). The van der Waals surface area contributed by atoms with Crippen LogP contribution in [0.5, 0.6) is 0 Å². The van der Waals surface area contributed by atoms with Crippen LogP contribution >= 0.6 is 0 Å². The Bertz CT molecular complexity index is 375. The lowest BCUT2D eigenvalue weighted by Gasteiger charge is -2.42. The van der Waals surface area contributed by atoms with Gasteiger partial charge in [-0.1, -0.05) is 46.5 Å². The fourth-order valence-corrected chi connectivity index (χ4v) is 3.80. The summed E-state index contributed by atoms with van der Waals surface area (Å²) < 4.78 is 0. The number of hydrogen-bond donors (Lipinski definition) is 1. The minimum Gasteiger partial charge on any atom is -0.342 e. The smallest absolute Gasteiger partial charge is 0.245 e. The maximum Gasteiger partial charge on any atom is 0.245 e. The van der Waals surface area contributed by atoms with Gasteiger partial charge in [-0.15, -0.1) is 0 Å². The Morgan fingerprint density at radius 1 is 1.19 bits per heavy atom. The highest BCUT2D eigenvalue weighted by Gasteiger charge is 2.42. The highest BCUT2D eigenvalue weighted by molar-refractivity contribution is 5.97. The number of amides is 2. The molecule has 0 radical (unpaired) electrons. The average molecular weight is 294 g/mol. The zero-order valence-corrected chi connectivity index (χ0v) is 13.7. The zero-order valence-electron chi connectivity index (χ0n) is 13.7. The van der Waals surface area contributed by atoms with Gasteiger partial charge in [-0.05, 0) is 31.1 Å². The number of rotatable bonds is 5. The molecule has 1 saturated carbocycles. The lowest BCUT2D eigenvalue weighted by molar-refractivity contribution is -0.152. The van der Waals surface area contributed by atoms with E-state index < -0.39 is 0 Å². The lowest BCUT2D eigenvalue weighted by atomic mass is 9.87. The van der Waals surface area contributed by atoms with E-state index in [0.29, 0.717) is 5.92 Å². The molecule has 4 nitrogen and oxygen atoms in total. The first kappa shape index (κ1) is 16.3. The van der Waals surface area contributed by atoms with Gasteiger partial charge < -0.3 is 10.2 Å². The van der Waals surface area contributed by atoms with Crippen molar-refractivity contribution in [2.24, 2.45) is 11.8 Å². The Kier molecular flexibility index (Phi) is 5.65. The molecule has 21 heavy (non-hydrogen) atoms. The normalized spacial score (nSPS) is 28.1. The van der Waals surface area contributed by atoms with E-state index >= 15 is 0 Å². The van der Waals surface area contributed by atoms with Crippen molar-refractivity contribution in [1.29, 1.82) is 0 Å². The van der Waals surface area contributed by atoms with Gasteiger partial charge in [-0.2, -0.15) is 0 Å². The number of nitrogens with zero attached hydrogens (tertiary/aromatic N) is 1. The third-order valence-electron chi connectivity index (χ3n) is 4.89. The summed E-state index contributed by atoms with van der Waals surface area (Å²) in [6, 6.07) is -0.589. The molecule has 1 heterocycles. The molecule has 1 N–H and O–H groups in total. The second-order valence-corrected chi connectivity index (χ2v) is 7.03. The van der Waals surface area contributed by atoms with E-state index in [9.17, 15) is 9.59 Å². The Labute approximate surface area is 128 Å². The Morgan fingerprint density at radius 3 is 2.43 bits per heavy atom. The number of carbonyl (C=O) groups is 2. The van der Waals surface area contributed by atoms with E-state index in [1.165, 1.54) is 32.1 Å². The number of piperazine rings is 1. The minimum atomic E-state index is -0.305. The quantitative estimate of drug-likeness (QED) is 0.847. The Balaban J connectivity index is 2.12. The maximum atomic E-state index is 12.8. The van der Waals surface area contributed by atoms with Crippen molar-refractivity contribution in [2.45, 2.75) is 77.8 Å². The molecule has 120 valence electrons. The van der Waals surface area contributed by atoms with Crippen molar-refractivity contribution in [3.05, 3.63) is 0 Å². The summed E-state index contributed by atoms with van der Waals surface area (Å²) in [5, 5.41) is 2.94. The van der Waals surface area contributed by atoms with Gasteiger partial charge in [0.1, 0.15) is 12.1 Å². The van der Waals surface area contributed by atoms with Gasteiger partial charge in [0.05, 0.1) is 0 Å². The van der Waals surface area contributed by atoms with E-state index in [2.05, 4.69) is 12.2 Å². The van der Waals surface area contributed by atoms with Gasteiger partial charge in [0.25, 0.3) is 0 Å². The number of carbonyl (C=O) groups excluding carboxylic acids is 2. The van der Waals surface area contributed by atoms with E-state index in [1.54, 1.807) is 0 Å². The van der Waals surface area contributed by atoms with Gasteiger partial charge in [-0.25, -0.2) is 0 Å². The maximum absolute atomic E-state index is 12.8. The predicted molar refractivity (Wildman–Crippen MR) is 83.8 cm³/mol. The molecule has 2 amide bonds. The van der Waals surface area contributed by atoms with Crippen LogP contribution in [0.3, 0.4) is 0 Å². The average Bonchev–Trinajstić information content (AvgIpc) is 2.45. The van der Waals surface area contributed by atoms with Crippen molar-refractivity contribution < 1.29 is 9.59 Å². The fourth-order valence-electron chi connectivity index (χ4n) is 3.80. The molecule has 1 saturated heterocycles. The standard InChI is InChI=1S/C17H30N2O2/c1-4-8-14-17(21)19(11-13-9-6-5-7-10-13)15(12(2)3)16(20)18-14/h12-15H,4-11H2,1-3H3,(H,18,20). The molecule has 0 aromatic carbocycles. The first-order chi connectivity index (χ1) is 10.0. The highest BCUT2D eigenvalue weighted by atomic mass is 16.2. The van der Waals surface area contributed by atoms with Gasteiger partial charge in [0.15, 0.2) is 0 Å². The van der Waals surface area contributed by atoms with Gasteiger partial charge in [0, 0.05) is 6.54 Å². The summed E-state index contributed by atoms with van der Waals surface area (Å²) in [7, 11) is 0. The van der Waals surface area contributed by atoms with Crippen LogP contribution in [0.4, 0.5) is 0 Å². The number of hydrogen-bond acceptors (Lipinski definition) is 2. The largest absolute Gasteiger partial charge is 0.342 e. The van der Waals surface area contributed by atoms with Gasteiger partial charge >= 0.3 is 0 Å². The third kappa shape index (κ3) is 3.78. The first-order valence-electron chi connectivity index (χ1n) is 8.65. The fraction of sp³-hybridized carbons (Fsp3) is 0.882. The highest BCUT2D eigenvalue weighted by Crippen LogP contribution is 2.28.